The van der Waals surface area contributed by atoms with Crippen LogP contribution in [0.15, 0.2) is 174 Å². The smallest absolute Gasteiger partial charge is 0.145 e. The molecule has 12 aromatic rings. The van der Waals surface area contributed by atoms with Crippen LogP contribution in [0, 0.1) is 22.7 Å². The monoisotopic (exact) mass is 791 g/mol. The highest BCUT2D eigenvalue weighted by Crippen LogP contribution is 2.44. The zero-order chi connectivity index (χ0) is 41.1. The SMILES string of the molecule is N#Cc1ccc(-n2c3ccc(-n4c5c(c6ccccc64)CCC=C5)cc3c3c4oc5ccccc5c4ccc32)c(C#N)c1-n1c2ccccc2c2cc(-c3ccccc3)ccc21. The number of nitriles is 2. The van der Waals surface area contributed by atoms with Crippen molar-refractivity contribution in [3.05, 3.63) is 192 Å². The lowest BCUT2D eigenvalue weighted by molar-refractivity contribution is 0.673. The Balaban J connectivity index is 1.13. The molecule has 0 radical (unpaired) electrons. The Kier molecular flexibility index (Phi) is 7.17. The number of hydrogen-bond donors (Lipinski definition) is 0. The molecule has 0 aliphatic heterocycles. The standard InChI is InChI=1S/C56H33N5O/c57-32-36-23-27-51(45(33-58)55(36)61-48-20-10-6-16-40(48)43-30-35(22-26-49(43)61)34-12-2-1-3-13-34)60-50-28-24-37(59-46-18-8-4-14-38(46)39-15-5-9-19-47(39)59)31-44(50)54-52(60)29-25-42-41-17-7-11-21-53(41)62-56(42)54/h1-4,6-14,16-31H,5,15H2. The average Bonchev–Trinajstić information content (AvgIpc) is 4.07. The van der Waals surface area contributed by atoms with Crippen molar-refractivity contribution in [2.45, 2.75) is 12.8 Å². The summed E-state index contributed by atoms with van der Waals surface area (Å²) in [5.74, 6) is 0. The van der Waals surface area contributed by atoms with Crippen LogP contribution in [0.4, 0.5) is 0 Å². The van der Waals surface area contributed by atoms with Gasteiger partial charge in [0.05, 0.1) is 49.9 Å². The van der Waals surface area contributed by atoms with Gasteiger partial charge in [-0.3, -0.25) is 0 Å². The third-order valence-corrected chi connectivity index (χ3v) is 13.0. The van der Waals surface area contributed by atoms with Crippen molar-refractivity contribution in [2.24, 2.45) is 0 Å². The summed E-state index contributed by atoms with van der Waals surface area (Å²) in [6.45, 7) is 0. The van der Waals surface area contributed by atoms with Gasteiger partial charge in [0.2, 0.25) is 0 Å². The fourth-order valence-electron chi connectivity index (χ4n) is 10.4. The molecule has 0 saturated carbocycles. The van der Waals surface area contributed by atoms with Crippen LogP contribution in [0.1, 0.15) is 28.8 Å². The van der Waals surface area contributed by atoms with Crippen molar-refractivity contribution in [3.63, 3.8) is 0 Å². The molecule has 13 rings (SSSR count). The number of benzene rings is 8. The van der Waals surface area contributed by atoms with Gasteiger partial charge in [0.1, 0.15) is 28.9 Å². The Labute approximate surface area is 355 Å². The van der Waals surface area contributed by atoms with Gasteiger partial charge in [0.15, 0.2) is 0 Å². The number of nitrogens with zero attached hydrogens (tertiary/aromatic N) is 5. The first-order valence-corrected chi connectivity index (χ1v) is 20.9. The van der Waals surface area contributed by atoms with Gasteiger partial charge >= 0.3 is 0 Å². The Hall–Kier alpha value is -8.58. The largest absolute Gasteiger partial charge is 0.455 e. The molecule has 0 unspecified atom stereocenters. The van der Waals surface area contributed by atoms with Gasteiger partial charge in [-0.1, -0.05) is 97.1 Å². The lowest BCUT2D eigenvalue weighted by Crippen LogP contribution is -2.06. The number of hydrogen-bond acceptors (Lipinski definition) is 3. The highest BCUT2D eigenvalue weighted by Gasteiger charge is 2.26. The molecular weight excluding hydrogens is 759 g/mol. The third kappa shape index (κ3) is 4.66. The molecule has 0 amide bonds. The first-order valence-electron chi connectivity index (χ1n) is 20.9. The number of aromatic nitrogens is 3. The second-order valence-electron chi connectivity index (χ2n) is 16.2. The molecule has 6 nitrogen and oxygen atoms in total. The van der Waals surface area contributed by atoms with Crippen molar-refractivity contribution in [1.82, 2.24) is 13.7 Å². The molecule has 1 aliphatic carbocycles. The molecule has 0 fully saturated rings. The van der Waals surface area contributed by atoms with Crippen LogP contribution in [0.2, 0.25) is 0 Å². The molecule has 0 atom stereocenters. The van der Waals surface area contributed by atoms with Crippen LogP contribution < -0.4 is 0 Å². The van der Waals surface area contributed by atoms with Crippen LogP contribution >= 0.6 is 0 Å². The summed E-state index contributed by atoms with van der Waals surface area (Å²) in [5.41, 5.74) is 14.4. The Bertz CT molecular complexity index is 4010. The van der Waals surface area contributed by atoms with Crippen molar-refractivity contribution < 1.29 is 4.42 Å². The maximum absolute atomic E-state index is 11.4. The van der Waals surface area contributed by atoms with E-state index in [0.717, 1.165) is 95.2 Å². The number of furan rings is 1. The number of aryl methyl sites for hydroxylation is 1. The number of rotatable bonds is 4. The van der Waals surface area contributed by atoms with Gasteiger partial charge in [-0.25, -0.2) is 0 Å². The molecule has 8 aromatic carbocycles. The van der Waals surface area contributed by atoms with Crippen molar-refractivity contribution in [3.8, 4) is 40.3 Å². The Morgan fingerprint density at radius 1 is 0.500 bits per heavy atom. The summed E-state index contributed by atoms with van der Waals surface area (Å²) < 4.78 is 13.5. The van der Waals surface area contributed by atoms with E-state index in [1.54, 1.807) is 0 Å². The molecule has 0 N–H and O–H groups in total. The highest BCUT2D eigenvalue weighted by molar-refractivity contribution is 6.24. The first-order chi connectivity index (χ1) is 30.7. The van der Waals surface area contributed by atoms with Gasteiger partial charge in [0.25, 0.3) is 0 Å². The molecule has 0 spiro atoms. The predicted molar refractivity (Wildman–Crippen MR) is 251 cm³/mol. The van der Waals surface area contributed by atoms with E-state index in [-0.39, 0.29) is 0 Å². The van der Waals surface area contributed by atoms with Crippen LogP contribution in [0.3, 0.4) is 0 Å². The van der Waals surface area contributed by atoms with Gasteiger partial charge in [0, 0.05) is 43.7 Å². The quantitative estimate of drug-likeness (QED) is 0.178. The van der Waals surface area contributed by atoms with Crippen LogP contribution in [0.5, 0.6) is 0 Å². The lowest BCUT2D eigenvalue weighted by atomic mass is 10.0. The number of para-hydroxylation sites is 3. The van der Waals surface area contributed by atoms with E-state index in [0.29, 0.717) is 22.5 Å². The van der Waals surface area contributed by atoms with E-state index in [1.165, 1.54) is 22.2 Å². The molecule has 4 aromatic heterocycles. The van der Waals surface area contributed by atoms with Crippen molar-refractivity contribution in [2.75, 3.05) is 0 Å². The normalized spacial score (nSPS) is 12.6. The van der Waals surface area contributed by atoms with E-state index in [4.69, 9.17) is 4.42 Å². The Morgan fingerprint density at radius 3 is 2.05 bits per heavy atom. The minimum absolute atomic E-state index is 0.405. The highest BCUT2D eigenvalue weighted by atomic mass is 16.3. The molecule has 288 valence electrons. The fourth-order valence-corrected chi connectivity index (χ4v) is 10.4. The lowest BCUT2D eigenvalue weighted by Gasteiger charge is -2.17. The van der Waals surface area contributed by atoms with E-state index in [9.17, 15) is 10.5 Å². The van der Waals surface area contributed by atoms with Crippen LogP contribution in [0.25, 0.3) is 111 Å². The van der Waals surface area contributed by atoms with Gasteiger partial charge in [-0.2, -0.15) is 10.5 Å². The van der Waals surface area contributed by atoms with Crippen molar-refractivity contribution >= 4 is 82.5 Å². The Morgan fingerprint density at radius 2 is 1.21 bits per heavy atom. The van der Waals surface area contributed by atoms with Gasteiger partial charge in [-0.15, -0.1) is 0 Å². The summed E-state index contributed by atoms with van der Waals surface area (Å²) in [5, 5.41) is 29.7. The summed E-state index contributed by atoms with van der Waals surface area (Å²) >= 11 is 0. The molecule has 4 heterocycles. The minimum atomic E-state index is 0.405. The zero-order valence-electron chi connectivity index (χ0n) is 33.3. The summed E-state index contributed by atoms with van der Waals surface area (Å²) in [4.78, 5) is 0. The summed E-state index contributed by atoms with van der Waals surface area (Å²) in [7, 11) is 0. The van der Waals surface area contributed by atoms with Crippen molar-refractivity contribution in [1.29, 1.82) is 10.5 Å². The summed E-state index contributed by atoms with van der Waals surface area (Å²) in [6, 6.07) is 61.8. The van der Waals surface area contributed by atoms with E-state index < -0.39 is 0 Å². The van der Waals surface area contributed by atoms with E-state index >= 15 is 0 Å². The topological polar surface area (TPSA) is 75.5 Å². The maximum Gasteiger partial charge on any atom is 0.145 e. The first kappa shape index (κ1) is 34.3. The zero-order valence-corrected chi connectivity index (χ0v) is 33.3. The van der Waals surface area contributed by atoms with Gasteiger partial charge in [-0.05, 0) is 108 Å². The van der Waals surface area contributed by atoms with E-state index in [2.05, 4.69) is 141 Å². The predicted octanol–water partition coefficient (Wildman–Crippen LogP) is 14.1. The second kappa shape index (κ2) is 13.0. The summed E-state index contributed by atoms with van der Waals surface area (Å²) in [6.07, 6.45) is 6.55. The van der Waals surface area contributed by atoms with E-state index in [1.807, 2.05) is 60.7 Å². The molecular formula is C56H33N5O. The average molecular weight is 792 g/mol. The maximum atomic E-state index is 11.4. The van der Waals surface area contributed by atoms with Crippen LogP contribution in [-0.4, -0.2) is 13.7 Å². The number of allylic oxidation sites excluding steroid dienone is 1. The molecule has 0 saturated heterocycles. The second-order valence-corrected chi connectivity index (χ2v) is 16.2. The molecule has 0 bridgehead atoms. The molecule has 62 heavy (non-hydrogen) atoms. The number of fused-ring (bicyclic) bond motifs is 13. The van der Waals surface area contributed by atoms with Crippen LogP contribution in [-0.2, 0) is 6.42 Å². The van der Waals surface area contributed by atoms with Gasteiger partial charge < -0.3 is 18.1 Å². The fraction of sp³-hybridized carbons (Fsp3) is 0.0357. The molecule has 6 heteroatoms. The molecule has 1 aliphatic rings. The minimum Gasteiger partial charge on any atom is -0.455 e. The third-order valence-electron chi connectivity index (χ3n) is 13.0.